The molecule has 0 heterocycles. The summed E-state index contributed by atoms with van der Waals surface area (Å²) in [6.45, 7) is 11.4. The molecule has 0 bridgehead atoms. The summed E-state index contributed by atoms with van der Waals surface area (Å²) in [5.74, 6) is 0. The van der Waals surface area contributed by atoms with Gasteiger partial charge in [0, 0.05) is 0 Å². The molecule has 0 aromatic heterocycles. The van der Waals surface area contributed by atoms with E-state index in [-0.39, 0.29) is 30.2 Å². The third-order valence-electron chi connectivity index (χ3n) is 9.27. The Bertz CT molecular complexity index is 1700. The van der Waals surface area contributed by atoms with E-state index >= 15 is 0 Å². The van der Waals surface area contributed by atoms with Crippen LogP contribution < -0.4 is 9.81 Å². The fourth-order valence-corrected chi connectivity index (χ4v) is 23.7. The number of rotatable bonds is 4. The minimum absolute atomic E-state index is 0. The summed E-state index contributed by atoms with van der Waals surface area (Å²) in [5.41, 5.74) is 9.93. The van der Waals surface area contributed by atoms with E-state index in [4.69, 9.17) is 4.21 Å². The standard InChI is InChI=1S/C15H13.C10H13.C6H5.C5H5.CH2.2ClH.Zr/c1-10-3-5-14-12(7-10)9-13-8-11(2)4-6-15(13)14;1-10(2,3)9-7-5-4-6-8-9;1-2-4-6-5-3-1;1-2-4-5-3-1;;;;/h3-7H,9H2,1-2H3;5-8H,1-3H3;1-5H;1-3H,4H2;1H2;2*1H;. The van der Waals surface area contributed by atoms with Crippen molar-refractivity contribution in [3.8, 4) is 11.1 Å². The van der Waals surface area contributed by atoms with Crippen molar-refractivity contribution in [2.45, 2.75) is 52.9 Å². The Kier molecular flexibility index (Phi) is 8.30. The number of hydrogen-bond acceptors (Lipinski definition) is 0. The van der Waals surface area contributed by atoms with E-state index in [0.29, 0.717) is 0 Å². The van der Waals surface area contributed by atoms with E-state index in [1.54, 1.807) is 3.27 Å². The molecular formula is C37H40Cl2Zr. The van der Waals surface area contributed by atoms with E-state index in [9.17, 15) is 0 Å². The quantitative estimate of drug-likeness (QED) is 0.185. The molecule has 0 nitrogen and oxygen atoms in total. The summed E-state index contributed by atoms with van der Waals surface area (Å²) in [4.78, 5) is 0. The number of hydrogen-bond donors (Lipinski definition) is 0. The average molecular weight is 647 g/mol. The van der Waals surface area contributed by atoms with Crippen LogP contribution in [0.15, 0.2) is 106 Å². The zero-order chi connectivity index (χ0) is 26.7. The van der Waals surface area contributed by atoms with Crippen LogP contribution in [0.2, 0.25) is 0 Å². The number of allylic oxidation sites excluding steroid dienone is 4. The molecule has 0 saturated heterocycles. The first-order valence-electron chi connectivity index (χ1n) is 13.9. The van der Waals surface area contributed by atoms with Gasteiger partial charge >= 0.3 is 231 Å². The van der Waals surface area contributed by atoms with E-state index in [2.05, 4.69) is 138 Å². The van der Waals surface area contributed by atoms with E-state index < -0.39 is 18.3 Å². The van der Waals surface area contributed by atoms with E-state index in [1.807, 2.05) is 0 Å². The predicted octanol–water partition coefficient (Wildman–Crippen LogP) is 8.26. The molecule has 4 aromatic carbocycles. The summed E-state index contributed by atoms with van der Waals surface area (Å²) in [6, 6.07) is 32.7. The summed E-state index contributed by atoms with van der Waals surface area (Å²) in [6.07, 6.45) is 8.96. The van der Waals surface area contributed by atoms with E-state index in [1.165, 1.54) is 48.8 Å². The molecule has 0 aliphatic heterocycles. The van der Waals surface area contributed by atoms with E-state index in [0.717, 1.165) is 12.8 Å². The molecular weight excluding hydrogens is 607 g/mol. The van der Waals surface area contributed by atoms with Gasteiger partial charge in [0.25, 0.3) is 0 Å². The Hall–Kier alpha value is -2.31. The monoisotopic (exact) mass is 644 g/mol. The second-order valence-electron chi connectivity index (χ2n) is 12.6. The van der Waals surface area contributed by atoms with Gasteiger partial charge in [-0.1, -0.05) is 0 Å². The van der Waals surface area contributed by atoms with Crippen LogP contribution in [0.25, 0.3) is 11.1 Å². The summed E-state index contributed by atoms with van der Waals surface area (Å²) in [7, 11) is 0. The SMILES string of the molecule is Cl.Cl.[CH2]=[Zr]([C]1=CC=CC1)([c]1ccccc1)([c]1ccc(C(C)(C)C)cc1)[c]1c(C)ccc2c1Cc1cc(C)ccc1-2. The molecule has 0 unspecified atom stereocenters. The van der Waals surface area contributed by atoms with Crippen LogP contribution in [0.4, 0.5) is 0 Å². The Morgan fingerprint density at radius 3 is 2.02 bits per heavy atom. The van der Waals surface area contributed by atoms with Crippen molar-refractivity contribution in [2.24, 2.45) is 0 Å². The molecule has 4 aromatic rings. The van der Waals surface area contributed by atoms with Crippen molar-refractivity contribution >= 4 is 38.8 Å². The molecule has 0 amide bonds. The van der Waals surface area contributed by atoms with Gasteiger partial charge in [-0.05, 0) is 0 Å². The second kappa shape index (κ2) is 10.8. The van der Waals surface area contributed by atoms with Crippen molar-refractivity contribution in [3.63, 3.8) is 0 Å². The molecule has 0 spiro atoms. The summed E-state index contributed by atoms with van der Waals surface area (Å²) >= 11 is -4.63. The molecule has 2 aliphatic rings. The van der Waals surface area contributed by atoms with Gasteiger partial charge in [0.1, 0.15) is 0 Å². The third kappa shape index (κ3) is 4.41. The number of aryl methyl sites for hydroxylation is 2. The van der Waals surface area contributed by atoms with Gasteiger partial charge < -0.3 is 0 Å². The van der Waals surface area contributed by atoms with Crippen LogP contribution in [0.5, 0.6) is 0 Å². The van der Waals surface area contributed by atoms with Crippen LogP contribution in [0.3, 0.4) is 0 Å². The summed E-state index contributed by atoms with van der Waals surface area (Å²) in [5, 5.41) is 0. The van der Waals surface area contributed by atoms with Crippen molar-refractivity contribution < 1.29 is 18.3 Å². The molecule has 6 rings (SSSR count). The minimum atomic E-state index is -4.63. The number of benzene rings is 4. The molecule has 0 N–H and O–H groups in total. The molecule has 206 valence electrons. The van der Waals surface area contributed by atoms with Gasteiger partial charge in [-0.15, -0.1) is 24.8 Å². The van der Waals surface area contributed by atoms with Crippen LogP contribution >= 0.6 is 24.8 Å². The number of fused-ring (bicyclic) bond motifs is 3. The maximum atomic E-state index is 5.61. The van der Waals surface area contributed by atoms with Crippen LogP contribution in [-0.2, 0) is 30.1 Å². The maximum absolute atomic E-state index is 5.61. The van der Waals surface area contributed by atoms with Crippen LogP contribution in [0.1, 0.15) is 55.0 Å². The van der Waals surface area contributed by atoms with Crippen molar-refractivity contribution in [2.75, 3.05) is 0 Å². The zero-order valence-corrected chi connectivity index (χ0v) is 28.3. The molecule has 40 heavy (non-hydrogen) atoms. The van der Waals surface area contributed by atoms with Gasteiger partial charge in [0.2, 0.25) is 0 Å². The van der Waals surface area contributed by atoms with Gasteiger partial charge in [-0.25, -0.2) is 0 Å². The second-order valence-corrected chi connectivity index (χ2v) is 25.4. The normalized spacial score (nSPS) is 14.1. The van der Waals surface area contributed by atoms with Crippen molar-refractivity contribution in [1.29, 1.82) is 0 Å². The van der Waals surface area contributed by atoms with Crippen LogP contribution in [0, 0.1) is 13.8 Å². The topological polar surface area (TPSA) is 0 Å². The molecule has 0 saturated carbocycles. The van der Waals surface area contributed by atoms with Crippen molar-refractivity contribution in [1.82, 2.24) is 0 Å². The van der Waals surface area contributed by atoms with Gasteiger partial charge in [0.15, 0.2) is 0 Å². The summed E-state index contributed by atoms with van der Waals surface area (Å²) < 4.78 is 11.5. The molecule has 2 aliphatic carbocycles. The van der Waals surface area contributed by atoms with Gasteiger partial charge in [-0.3, -0.25) is 0 Å². The van der Waals surface area contributed by atoms with Crippen molar-refractivity contribution in [3.05, 3.63) is 134 Å². The number of halogens is 2. The predicted molar refractivity (Wildman–Crippen MR) is 178 cm³/mol. The fraction of sp³-hybridized carbons (Fsp3) is 0.216. The average Bonchev–Trinajstić information content (AvgIpc) is 3.57. The fourth-order valence-electron chi connectivity index (χ4n) is 7.28. The Balaban J connectivity index is 0.00000185. The first kappa shape index (κ1) is 30.6. The molecule has 0 fully saturated rings. The Morgan fingerprint density at radius 2 is 1.40 bits per heavy atom. The van der Waals surface area contributed by atoms with Gasteiger partial charge in [0.05, 0.1) is 0 Å². The Labute approximate surface area is 253 Å². The molecule has 0 atom stereocenters. The molecule has 0 radical (unpaired) electrons. The van der Waals surface area contributed by atoms with Crippen LogP contribution in [-0.4, -0.2) is 4.21 Å². The first-order chi connectivity index (χ1) is 18.1. The first-order valence-corrected chi connectivity index (χ1v) is 20.6. The molecule has 3 heteroatoms. The third-order valence-corrected chi connectivity index (χ3v) is 26.0. The Morgan fingerprint density at radius 1 is 0.750 bits per heavy atom. The van der Waals surface area contributed by atoms with Gasteiger partial charge in [-0.2, -0.15) is 0 Å². The zero-order valence-electron chi connectivity index (χ0n) is 24.3.